The smallest absolute Gasteiger partial charge is 0.302 e. The molecule has 0 saturated carbocycles. The summed E-state index contributed by atoms with van der Waals surface area (Å²) in [6.45, 7) is 4.40. The fourth-order valence-corrected chi connectivity index (χ4v) is 6.04. The van der Waals surface area contributed by atoms with Gasteiger partial charge in [0.25, 0.3) is 5.56 Å². The van der Waals surface area contributed by atoms with Crippen LogP contribution in [0.25, 0.3) is 21.0 Å². The van der Waals surface area contributed by atoms with Crippen LogP contribution >= 0.6 is 11.3 Å². The van der Waals surface area contributed by atoms with Crippen molar-refractivity contribution < 1.29 is 8.76 Å². The van der Waals surface area contributed by atoms with E-state index in [0.29, 0.717) is 22.7 Å². The number of benzene rings is 2. The quantitative estimate of drug-likeness (QED) is 0.478. The molecule has 0 aliphatic carbocycles. The maximum Gasteiger partial charge on any atom is 0.331 e. The van der Waals surface area contributed by atoms with Crippen molar-refractivity contribution in [2.75, 3.05) is 0 Å². The number of aromatic nitrogens is 2. The van der Waals surface area contributed by atoms with Gasteiger partial charge in [-0.25, -0.2) is 9.00 Å². The van der Waals surface area contributed by atoms with Crippen molar-refractivity contribution in [3.05, 3.63) is 73.7 Å². The standard InChI is InChI=1S/C22H22N2O4S2/c1-13(2)12-24-21-18(20(25)23(3)22(24)26)19(30(27)28)17(29-21)11-15-9-6-8-14-7-4-5-10-16(14)15/h4-10,13H,11-12H2,1-3H3,(H,27,28). The van der Waals surface area contributed by atoms with Crippen molar-refractivity contribution in [2.45, 2.75) is 31.7 Å². The van der Waals surface area contributed by atoms with Crippen molar-refractivity contribution in [3.8, 4) is 0 Å². The molecule has 2 aromatic carbocycles. The van der Waals surface area contributed by atoms with Crippen molar-refractivity contribution in [1.82, 2.24) is 9.13 Å². The Kier molecular flexibility index (Phi) is 5.48. The van der Waals surface area contributed by atoms with Gasteiger partial charge < -0.3 is 4.55 Å². The van der Waals surface area contributed by atoms with E-state index in [1.54, 1.807) is 4.57 Å². The lowest BCUT2D eigenvalue weighted by Crippen LogP contribution is -2.38. The van der Waals surface area contributed by atoms with Crippen LogP contribution in [0, 0.1) is 5.92 Å². The summed E-state index contributed by atoms with van der Waals surface area (Å²) in [5.74, 6) is 0.176. The molecule has 1 atom stereocenters. The summed E-state index contributed by atoms with van der Waals surface area (Å²) in [5, 5.41) is 2.30. The Labute approximate surface area is 179 Å². The van der Waals surface area contributed by atoms with Crippen LogP contribution in [0.4, 0.5) is 0 Å². The fraction of sp³-hybridized carbons (Fsp3) is 0.273. The van der Waals surface area contributed by atoms with Crippen molar-refractivity contribution in [3.63, 3.8) is 0 Å². The SMILES string of the molecule is CC(C)Cn1c(=O)n(C)c(=O)c2c(S(=O)O)c(Cc3cccc4ccccc34)sc21. The van der Waals surface area contributed by atoms with Crippen molar-refractivity contribution >= 4 is 43.4 Å². The highest BCUT2D eigenvalue weighted by Crippen LogP contribution is 2.34. The normalized spacial score (nSPS) is 12.8. The van der Waals surface area contributed by atoms with Gasteiger partial charge in [-0.2, -0.15) is 0 Å². The van der Waals surface area contributed by atoms with Crippen molar-refractivity contribution in [2.24, 2.45) is 13.0 Å². The van der Waals surface area contributed by atoms with Gasteiger partial charge in [0.2, 0.25) is 0 Å². The lowest BCUT2D eigenvalue weighted by Gasteiger charge is -2.11. The summed E-state index contributed by atoms with van der Waals surface area (Å²) in [5.41, 5.74) is 0.0585. The highest BCUT2D eigenvalue weighted by molar-refractivity contribution is 7.79. The third-order valence-electron chi connectivity index (χ3n) is 5.15. The summed E-state index contributed by atoms with van der Waals surface area (Å²) < 4.78 is 25.0. The molecule has 0 fully saturated rings. The molecule has 6 nitrogen and oxygen atoms in total. The van der Waals surface area contributed by atoms with E-state index >= 15 is 0 Å². The van der Waals surface area contributed by atoms with Gasteiger partial charge in [-0.15, -0.1) is 11.3 Å². The lowest BCUT2D eigenvalue weighted by atomic mass is 10.0. The van der Waals surface area contributed by atoms with Crippen LogP contribution in [0.3, 0.4) is 0 Å². The monoisotopic (exact) mass is 442 g/mol. The molecule has 1 unspecified atom stereocenters. The summed E-state index contributed by atoms with van der Waals surface area (Å²) in [4.78, 5) is 26.9. The number of fused-ring (bicyclic) bond motifs is 2. The molecule has 0 aliphatic heterocycles. The first-order valence-corrected chi connectivity index (χ1v) is 11.5. The lowest BCUT2D eigenvalue weighted by molar-refractivity contribution is 0.504. The van der Waals surface area contributed by atoms with Gasteiger partial charge >= 0.3 is 5.69 Å². The second-order valence-electron chi connectivity index (χ2n) is 7.75. The molecule has 4 rings (SSSR count). The molecule has 1 N–H and O–H groups in total. The number of hydrogen-bond acceptors (Lipinski definition) is 4. The molecule has 30 heavy (non-hydrogen) atoms. The summed E-state index contributed by atoms with van der Waals surface area (Å²) >= 11 is -1.10. The molecular formula is C22H22N2O4S2. The molecular weight excluding hydrogens is 420 g/mol. The van der Waals surface area contributed by atoms with Crippen LogP contribution in [-0.2, 0) is 31.1 Å². The predicted octanol–water partition coefficient (Wildman–Crippen LogP) is 3.74. The molecule has 0 saturated heterocycles. The Balaban J connectivity index is 2.02. The highest BCUT2D eigenvalue weighted by atomic mass is 32.2. The van der Waals surface area contributed by atoms with Gasteiger partial charge in [-0.05, 0) is 22.3 Å². The molecule has 156 valence electrons. The maximum atomic E-state index is 12.9. The Morgan fingerprint density at radius 3 is 2.50 bits per heavy atom. The summed E-state index contributed by atoms with van der Waals surface area (Å²) in [7, 11) is 1.41. The largest absolute Gasteiger partial charge is 0.331 e. The van der Waals surface area contributed by atoms with Gasteiger partial charge in [0.15, 0.2) is 11.1 Å². The van der Waals surface area contributed by atoms with Gasteiger partial charge in [0, 0.05) is 24.9 Å². The molecule has 8 heteroatoms. The third kappa shape index (κ3) is 3.45. The Bertz CT molecular complexity index is 1410. The minimum atomic E-state index is -2.36. The zero-order chi connectivity index (χ0) is 21.6. The number of hydrogen-bond donors (Lipinski definition) is 1. The molecule has 0 spiro atoms. The zero-order valence-electron chi connectivity index (χ0n) is 16.9. The predicted molar refractivity (Wildman–Crippen MR) is 122 cm³/mol. The second-order valence-corrected chi connectivity index (χ2v) is 9.74. The molecule has 2 aromatic heterocycles. The first-order chi connectivity index (χ1) is 14.3. The van der Waals surface area contributed by atoms with E-state index in [9.17, 15) is 18.4 Å². The Morgan fingerprint density at radius 2 is 1.80 bits per heavy atom. The van der Waals surface area contributed by atoms with Crippen molar-refractivity contribution in [1.29, 1.82) is 0 Å². The Hall–Kier alpha value is -2.55. The first kappa shape index (κ1) is 20.7. The number of thiophene rings is 1. The van der Waals surface area contributed by atoms with E-state index in [-0.39, 0.29) is 16.2 Å². The second kappa shape index (κ2) is 7.94. The minimum absolute atomic E-state index is 0.112. The van der Waals surface area contributed by atoms with Crippen LogP contribution in [0.15, 0.2) is 56.9 Å². The molecule has 0 aliphatic rings. The molecule has 0 radical (unpaired) electrons. The zero-order valence-corrected chi connectivity index (χ0v) is 18.5. The van der Waals surface area contributed by atoms with E-state index < -0.39 is 22.3 Å². The molecule has 0 amide bonds. The van der Waals surface area contributed by atoms with E-state index in [0.717, 1.165) is 20.9 Å². The van der Waals surface area contributed by atoms with Gasteiger partial charge in [0.1, 0.15) is 4.83 Å². The molecule has 0 bridgehead atoms. The maximum absolute atomic E-state index is 12.9. The molecule has 2 heterocycles. The first-order valence-electron chi connectivity index (χ1n) is 9.62. The van der Waals surface area contributed by atoms with Crippen LogP contribution < -0.4 is 11.2 Å². The van der Waals surface area contributed by atoms with E-state index in [4.69, 9.17) is 0 Å². The number of rotatable bonds is 5. The number of nitrogens with zero attached hydrogens (tertiary/aromatic N) is 2. The summed E-state index contributed by atoms with van der Waals surface area (Å²) in [6.07, 6.45) is 0.404. The van der Waals surface area contributed by atoms with Crippen LogP contribution in [0.2, 0.25) is 0 Å². The van der Waals surface area contributed by atoms with Crippen LogP contribution in [-0.4, -0.2) is 17.9 Å². The average molecular weight is 443 g/mol. The highest BCUT2D eigenvalue weighted by Gasteiger charge is 2.25. The van der Waals surface area contributed by atoms with Gasteiger partial charge in [0.05, 0.1) is 10.3 Å². The summed E-state index contributed by atoms with van der Waals surface area (Å²) in [6, 6.07) is 13.9. The Morgan fingerprint density at radius 1 is 1.10 bits per heavy atom. The van der Waals surface area contributed by atoms with E-state index in [1.165, 1.54) is 18.4 Å². The topological polar surface area (TPSA) is 81.3 Å². The fourth-order valence-electron chi connectivity index (χ4n) is 3.80. The van der Waals surface area contributed by atoms with Crippen LogP contribution in [0.1, 0.15) is 24.3 Å². The minimum Gasteiger partial charge on any atom is -0.302 e. The molecule has 4 aromatic rings. The van der Waals surface area contributed by atoms with E-state index in [1.807, 2.05) is 56.3 Å². The van der Waals surface area contributed by atoms with E-state index in [2.05, 4.69) is 0 Å². The average Bonchev–Trinajstić information content (AvgIpc) is 3.09. The van der Waals surface area contributed by atoms with Gasteiger partial charge in [-0.1, -0.05) is 56.3 Å². The van der Waals surface area contributed by atoms with Crippen LogP contribution in [0.5, 0.6) is 0 Å². The third-order valence-corrected chi connectivity index (χ3v) is 7.29. The van der Waals surface area contributed by atoms with Gasteiger partial charge in [-0.3, -0.25) is 13.9 Å².